The van der Waals surface area contributed by atoms with Crippen LogP contribution < -0.4 is 5.73 Å². The SMILES string of the molecule is Cc1cnc(C(N)Cc2ccc(Br)cc2Cl)cn1. The van der Waals surface area contributed by atoms with Crippen LogP contribution >= 0.6 is 27.5 Å². The van der Waals surface area contributed by atoms with Gasteiger partial charge in [-0.3, -0.25) is 9.97 Å². The Kier molecular flexibility index (Phi) is 4.32. The summed E-state index contributed by atoms with van der Waals surface area (Å²) in [5.74, 6) is 0. The molecule has 5 heteroatoms. The molecule has 1 unspecified atom stereocenters. The predicted molar refractivity (Wildman–Crippen MR) is 76.6 cm³/mol. The zero-order chi connectivity index (χ0) is 13.1. The van der Waals surface area contributed by atoms with Crippen LogP contribution in [0.5, 0.6) is 0 Å². The average molecular weight is 327 g/mol. The maximum absolute atomic E-state index is 6.16. The van der Waals surface area contributed by atoms with Gasteiger partial charge in [0.2, 0.25) is 0 Å². The molecule has 0 amide bonds. The summed E-state index contributed by atoms with van der Waals surface area (Å²) in [6.07, 6.45) is 4.08. The molecule has 0 aliphatic heterocycles. The van der Waals surface area contributed by atoms with Gasteiger partial charge >= 0.3 is 0 Å². The van der Waals surface area contributed by atoms with Crippen molar-refractivity contribution >= 4 is 27.5 Å². The number of aromatic nitrogens is 2. The lowest BCUT2D eigenvalue weighted by Crippen LogP contribution is -2.15. The van der Waals surface area contributed by atoms with Crippen LogP contribution in [0.1, 0.15) is 23.0 Å². The Morgan fingerprint density at radius 1 is 1.33 bits per heavy atom. The fraction of sp³-hybridized carbons (Fsp3) is 0.231. The first kappa shape index (κ1) is 13.5. The Hall–Kier alpha value is -0.970. The van der Waals surface area contributed by atoms with E-state index in [9.17, 15) is 0 Å². The summed E-state index contributed by atoms with van der Waals surface area (Å²) >= 11 is 9.54. The third-order valence-electron chi connectivity index (χ3n) is 2.64. The van der Waals surface area contributed by atoms with E-state index >= 15 is 0 Å². The summed E-state index contributed by atoms with van der Waals surface area (Å²) < 4.78 is 0.958. The number of nitrogens with two attached hydrogens (primary N) is 1. The molecule has 0 saturated carbocycles. The Bertz CT molecular complexity index is 542. The molecule has 1 aromatic carbocycles. The van der Waals surface area contributed by atoms with Gasteiger partial charge in [0.15, 0.2) is 0 Å². The second-order valence-corrected chi connectivity index (χ2v) is 5.45. The zero-order valence-corrected chi connectivity index (χ0v) is 12.2. The quantitative estimate of drug-likeness (QED) is 0.940. The highest BCUT2D eigenvalue weighted by Crippen LogP contribution is 2.24. The highest BCUT2D eigenvalue weighted by molar-refractivity contribution is 9.10. The number of hydrogen-bond acceptors (Lipinski definition) is 3. The van der Waals surface area contributed by atoms with Crippen LogP contribution in [0.3, 0.4) is 0 Å². The minimum Gasteiger partial charge on any atom is -0.322 e. The van der Waals surface area contributed by atoms with Gasteiger partial charge in [0.05, 0.1) is 23.6 Å². The Balaban J connectivity index is 2.15. The fourth-order valence-corrected chi connectivity index (χ4v) is 2.37. The molecule has 0 saturated heterocycles. The Morgan fingerprint density at radius 3 is 2.72 bits per heavy atom. The highest BCUT2D eigenvalue weighted by Gasteiger charge is 2.11. The molecule has 18 heavy (non-hydrogen) atoms. The molecular weight excluding hydrogens is 314 g/mol. The molecule has 94 valence electrons. The number of aryl methyl sites for hydroxylation is 1. The summed E-state index contributed by atoms with van der Waals surface area (Å²) in [5, 5.41) is 0.708. The minimum absolute atomic E-state index is 0.197. The summed E-state index contributed by atoms with van der Waals surface area (Å²) in [7, 11) is 0. The summed E-state index contributed by atoms with van der Waals surface area (Å²) in [6, 6.07) is 5.59. The van der Waals surface area contributed by atoms with Crippen molar-refractivity contribution in [1.29, 1.82) is 0 Å². The first-order chi connectivity index (χ1) is 8.56. The van der Waals surface area contributed by atoms with Gasteiger partial charge in [-0.25, -0.2) is 0 Å². The van der Waals surface area contributed by atoms with E-state index in [-0.39, 0.29) is 6.04 Å². The first-order valence-corrected chi connectivity index (χ1v) is 6.71. The zero-order valence-electron chi connectivity index (χ0n) is 9.90. The van der Waals surface area contributed by atoms with Crippen molar-refractivity contribution < 1.29 is 0 Å². The molecule has 1 aromatic heterocycles. The third kappa shape index (κ3) is 3.28. The van der Waals surface area contributed by atoms with Gasteiger partial charge in [-0.1, -0.05) is 33.6 Å². The van der Waals surface area contributed by atoms with Gasteiger partial charge in [0.1, 0.15) is 0 Å². The van der Waals surface area contributed by atoms with Crippen molar-refractivity contribution in [2.24, 2.45) is 5.73 Å². The standard InChI is InChI=1S/C13H13BrClN3/c1-8-6-18-13(7-17-8)12(16)4-9-2-3-10(14)5-11(9)15/h2-3,5-7,12H,4,16H2,1H3. The van der Waals surface area contributed by atoms with Gasteiger partial charge in [-0.05, 0) is 31.0 Å². The topological polar surface area (TPSA) is 51.8 Å². The predicted octanol–water partition coefficient (Wildman–Crippen LogP) is 3.44. The monoisotopic (exact) mass is 325 g/mol. The van der Waals surface area contributed by atoms with Gasteiger partial charge in [0.25, 0.3) is 0 Å². The lowest BCUT2D eigenvalue weighted by molar-refractivity contribution is 0.689. The van der Waals surface area contributed by atoms with Gasteiger partial charge < -0.3 is 5.73 Å². The first-order valence-electron chi connectivity index (χ1n) is 5.54. The van der Waals surface area contributed by atoms with E-state index in [0.717, 1.165) is 21.4 Å². The van der Waals surface area contributed by atoms with Crippen molar-refractivity contribution in [2.75, 3.05) is 0 Å². The largest absolute Gasteiger partial charge is 0.322 e. The third-order valence-corrected chi connectivity index (χ3v) is 3.48. The molecule has 2 rings (SSSR count). The number of rotatable bonds is 3. The van der Waals surface area contributed by atoms with Crippen molar-refractivity contribution in [3.8, 4) is 0 Å². The number of hydrogen-bond donors (Lipinski definition) is 1. The van der Waals surface area contributed by atoms with Crippen LogP contribution in [-0.4, -0.2) is 9.97 Å². The number of halogens is 2. The summed E-state index contributed by atoms with van der Waals surface area (Å²) in [6.45, 7) is 1.90. The molecular formula is C13H13BrClN3. The minimum atomic E-state index is -0.197. The number of benzene rings is 1. The van der Waals surface area contributed by atoms with E-state index in [1.54, 1.807) is 12.4 Å². The van der Waals surface area contributed by atoms with Crippen LogP contribution in [0.25, 0.3) is 0 Å². The van der Waals surface area contributed by atoms with Crippen LogP contribution in [0, 0.1) is 6.92 Å². The molecule has 2 aromatic rings. The van der Waals surface area contributed by atoms with Gasteiger partial charge in [-0.15, -0.1) is 0 Å². The van der Waals surface area contributed by atoms with E-state index in [0.29, 0.717) is 11.4 Å². The van der Waals surface area contributed by atoms with E-state index in [2.05, 4.69) is 25.9 Å². The van der Waals surface area contributed by atoms with Crippen LogP contribution in [-0.2, 0) is 6.42 Å². The molecule has 0 aliphatic rings. The number of nitrogens with zero attached hydrogens (tertiary/aromatic N) is 2. The average Bonchev–Trinajstić information content (AvgIpc) is 2.33. The maximum atomic E-state index is 6.16. The van der Waals surface area contributed by atoms with Gasteiger partial charge in [0, 0.05) is 15.7 Å². The molecule has 0 radical (unpaired) electrons. The normalized spacial score (nSPS) is 12.4. The molecule has 2 N–H and O–H groups in total. The molecule has 0 fully saturated rings. The van der Waals surface area contributed by atoms with E-state index in [1.165, 1.54) is 0 Å². The maximum Gasteiger partial charge on any atom is 0.0757 e. The lowest BCUT2D eigenvalue weighted by atomic mass is 10.0. The van der Waals surface area contributed by atoms with Crippen LogP contribution in [0.15, 0.2) is 35.1 Å². The smallest absolute Gasteiger partial charge is 0.0757 e. The Morgan fingerprint density at radius 2 is 2.11 bits per heavy atom. The van der Waals surface area contributed by atoms with E-state index in [4.69, 9.17) is 17.3 Å². The van der Waals surface area contributed by atoms with Crippen molar-refractivity contribution in [3.63, 3.8) is 0 Å². The molecule has 1 heterocycles. The second kappa shape index (κ2) is 5.78. The van der Waals surface area contributed by atoms with Crippen molar-refractivity contribution in [2.45, 2.75) is 19.4 Å². The Labute approximate surface area is 120 Å². The van der Waals surface area contributed by atoms with E-state index < -0.39 is 0 Å². The molecule has 0 spiro atoms. The van der Waals surface area contributed by atoms with Crippen LogP contribution in [0.2, 0.25) is 5.02 Å². The molecule has 1 atom stereocenters. The molecule has 3 nitrogen and oxygen atoms in total. The summed E-state index contributed by atoms with van der Waals surface area (Å²) in [4.78, 5) is 8.48. The lowest BCUT2D eigenvalue weighted by Gasteiger charge is -2.12. The van der Waals surface area contributed by atoms with Crippen molar-refractivity contribution in [1.82, 2.24) is 9.97 Å². The molecule has 0 aliphatic carbocycles. The highest BCUT2D eigenvalue weighted by atomic mass is 79.9. The molecule has 0 bridgehead atoms. The second-order valence-electron chi connectivity index (χ2n) is 4.13. The van der Waals surface area contributed by atoms with Crippen LogP contribution in [0.4, 0.5) is 0 Å². The fourth-order valence-electron chi connectivity index (χ4n) is 1.62. The summed E-state index contributed by atoms with van der Waals surface area (Å²) in [5.41, 5.74) is 8.78. The van der Waals surface area contributed by atoms with Gasteiger partial charge in [-0.2, -0.15) is 0 Å². The van der Waals surface area contributed by atoms with Crippen molar-refractivity contribution in [3.05, 3.63) is 57.0 Å². The van der Waals surface area contributed by atoms with E-state index in [1.807, 2.05) is 25.1 Å².